The molecule has 0 aliphatic carbocycles. The second-order valence-corrected chi connectivity index (χ2v) is 7.73. The van der Waals surface area contributed by atoms with E-state index >= 15 is 0 Å². The van der Waals surface area contributed by atoms with E-state index < -0.39 is 0 Å². The number of nitrogens with two attached hydrogens (primary N) is 1. The highest BCUT2D eigenvalue weighted by Crippen LogP contribution is 2.25. The summed E-state index contributed by atoms with van der Waals surface area (Å²) in [4.78, 5) is 12.4. The highest BCUT2D eigenvalue weighted by Gasteiger charge is 2.16. The second kappa shape index (κ2) is 7.92. The van der Waals surface area contributed by atoms with Crippen molar-refractivity contribution in [3.05, 3.63) is 71.3 Å². The first-order valence-electron chi connectivity index (χ1n) is 9.07. The van der Waals surface area contributed by atoms with Crippen LogP contribution < -0.4 is 5.84 Å². The van der Waals surface area contributed by atoms with Crippen LogP contribution in [0.1, 0.15) is 21.5 Å². The molecule has 0 bridgehead atoms. The summed E-state index contributed by atoms with van der Waals surface area (Å²) in [6.07, 6.45) is 0. The van der Waals surface area contributed by atoms with Gasteiger partial charge in [-0.15, -0.1) is 10.2 Å². The summed E-state index contributed by atoms with van der Waals surface area (Å²) in [5, 5.41) is 16.0. The van der Waals surface area contributed by atoms with Crippen LogP contribution in [-0.2, 0) is 0 Å². The van der Waals surface area contributed by atoms with Gasteiger partial charge in [0.1, 0.15) is 5.69 Å². The van der Waals surface area contributed by atoms with Crippen LogP contribution in [0, 0.1) is 13.8 Å². The van der Waals surface area contributed by atoms with Crippen LogP contribution in [0.25, 0.3) is 22.8 Å². The first-order chi connectivity index (χ1) is 14.0. The molecule has 0 aliphatic heterocycles. The molecule has 0 amide bonds. The van der Waals surface area contributed by atoms with Gasteiger partial charge < -0.3 is 5.84 Å². The number of nitrogens with zero attached hydrogens (tertiary/aromatic N) is 4. The Morgan fingerprint density at radius 2 is 1.69 bits per heavy atom. The number of carbonyl (C=O) groups excluding carboxylic acids is 1. The van der Waals surface area contributed by atoms with Crippen LogP contribution in [-0.4, -0.2) is 36.6 Å². The second-order valence-electron chi connectivity index (χ2n) is 6.79. The van der Waals surface area contributed by atoms with Gasteiger partial charge in [-0.05, 0) is 19.9 Å². The van der Waals surface area contributed by atoms with Gasteiger partial charge in [-0.2, -0.15) is 5.10 Å². The zero-order valence-corrected chi connectivity index (χ0v) is 16.9. The first kappa shape index (κ1) is 18.9. The maximum absolute atomic E-state index is 12.4. The predicted molar refractivity (Wildman–Crippen MR) is 114 cm³/mol. The van der Waals surface area contributed by atoms with E-state index in [4.69, 9.17) is 5.84 Å². The monoisotopic (exact) mass is 404 g/mol. The van der Waals surface area contributed by atoms with Gasteiger partial charge in [-0.25, -0.2) is 4.68 Å². The number of nitrogens with one attached hydrogen (secondary N) is 1. The van der Waals surface area contributed by atoms with Crippen LogP contribution in [0.3, 0.4) is 0 Å². The first-order valence-corrected chi connectivity index (χ1v) is 10.1. The Morgan fingerprint density at radius 1 is 1.03 bits per heavy atom. The van der Waals surface area contributed by atoms with E-state index in [1.54, 1.807) is 0 Å². The molecule has 29 heavy (non-hydrogen) atoms. The standard InChI is InChI=1S/C21H20N6OS/c1-13-3-7-15(8-4-13)17-11-18(24-23-17)20-25-26-21(27(20)22)29-12-19(28)16-9-5-14(2)6-10-16/h3-11H,12,22H2,1-2H3,(H,23,24). The number of aromatic nitrogens is 5. The fourth-order valence-corrected chi connectivity index (χ4v) is 3.57. The number of rotatable bonds is 6. The quantitative estimate of drug-likeness (QED) is 0.289. The zero-order chi connectivity index (χ0) is 20.4. The van der Waals surface area contributed by atoms with Crippen molar-refractivity contribution in [2.45, 2.75) is 19.0 Å². The molecule has 0 radical (unpaired) electrons. The van der Waals surface area contributed by atoms with Crippen LogP contribution in [0.4, 0.5) is 0 Å². The molecule has 2 aromatic carbocycles. The average molecular weight is 404 g/mol. The lowest BCUT2D eigenvalue weighted by atomic mass is 10.1. The van der Waals surface area contributed by atoms with Crippen molar-refractivity contribution in [1.29, 1.82) is 0 Å². The van der Waals surface area contributed by atoms with E-state index in [1.807, 2.05) is 68.4 Å². The van der Waals surface area contributed by atoms with Gasteiger partial charge in [0.05, 0.1) is 11.4 Å². The molecule has 0 saturated heterocycles. The number of aryl methyl sites for hydroxylation is 2. The average Bonchev–Trinajstić information content (AvgIpc) is 3.34. The summed E-state index contributed by atoms with van der Waals surface area (Å²) >= 11 is 1.25. The SMILES string of the molecule is Cc1ccc(C(=O)CSc2nnc(-c3cc(-c4ccc(C)cc4)n[nH]3)n2N)cc1. The number of Topliss-reactive ketones (excluding diaryl/α,β-unsaturated/α-hetero) is 1. The van der Waals surface area contributed by atoms with Gasteiger partial charge in [0.2, 0.25) is 11.0 Å². The van der Waals surface area contributed by atoms with Crippen molar-refractivity contribution in [3.8, 4) is 22.8 Å². The Bertz CT molecular complexity index is 1140. The fourth-order valence-electron chi connectivity index (χ4n) is 2.82. The van der Waals surface area contributed by atoms with Crippen LogP contribution >= 0.6 is 11.8 Å². The molecule has 0 fully saturated rings. The summed E-state index contributed by atoms with van der Waals surface area (Å²) in [6, 6.07) is 17.5. The molecular weight excluding hydrogens is 384 g/mol. The maximum Gasteiger partial charge on any atom is 0.210 e. The number of aromatic amines is 1. The molecule has 0 unspecified atom stereocenters. The van der Waals surface area contributed by atoms with Gasteiger partial charge in [-0.3, -0.25) is 9.89 Å². The third kappa shape index (κ3) is 4.07. The van der Waals surface area contributed by atoms with E-state index in [1.165, 1.54) is 22.0 Å². The third-order valence-electron chi connectivity index (χ3n) is 4.54. The molecule has 4 rings (SSSR count). The molecule has 8 heteroatoms. The van der Waals surface area contributed by atoms with E-state index in [9.17, 15) is 4.79 Å². The lowest BCUT2D eigenvalue weighted by Crippen LogP contribution is -2.13. The van der Waals surface area contributed by atoms with Gasteiger partial charge in [0.25, 0.3) is 0 Å². The summed E-state index contributed by atoms with van der Waals surface area (Å²) in [5.74, 6) is 6.87. The van der Waals surface area contributed by atoms with Gasteiger partial charge in [0, 0.05) is 11.1 Å². The molecule has 0 saturated carbocycles. The lowest BCUT2D eigenvalue weighted by molar-refractivity contribution is 0.102. The van der Waals surface area contributed by atoms with Crippen molar-refractivity contribution >= 4 is 17.5 Å². The number of ketones is 1. The molecule has 0 aliphatic rings. The van der Waals surface area contributed by atoms with E-state index in [-0.39, 0.29) is 11.5 Å². The number of benzene rings is 2. The number of nitrogen functional groups attached to an aromatic ring is 1. The van der Waals surface area contributed by atoms with Crippen molar-refractivity contribution in [1.82, 2.24) is 25.1 Å². The van der Waals surface area contributed by atoms with Crippen molar-refractivity contribution < 1.29 is 4.79 Å². The topological polar surface area (TPSA) is 102 Å². The smallest absolute Gasteiger partial charge is 0.210 e. The molecule has 2 aromatic heterocycles. The largest absolute Gasteiger partial charge is 0.335 e. The van der Waals surface area contributed by atoms with Gasteiger partial charge in [-0.1, -0.05) is 71.4 Å². The normalized spacial score (nSPS) is 11.0. The molecule has 7 nitrogen and oxygen atoms in total. The van der Waals surface area contributed by atoms with E-state index in [2.05, 4.69) is 20.4 Å². The zero-order valence-electron chi connectivity index (χ0n) is 16.1. The predicted octanol–water partition coefficient (Wildman–Crippen LogP) is 3.64. The molecule has 0 atom stereocenters. The van der Waals surface area contributed by atoms with Crippen LogP contribution in [0.15, 0.2) is 59.8 Å². The van der Waals surface area contributed by atoms with Crippen molar-refractivity contribution in [2.75, 3.05) is 11.6 Å². The summed E-state index contributed by atoms with van der Waals surface area (Å²) in [7, 11) is 0. The number of thioether (sulfide) groups is 1. The Kier molecular flexibility index (Phi) is 5.18. The Morgan fingerprint density at radius 3 is 2.38 bits per heavy atom. The molecular formula is C21H20N6OS. The fraction of sp³-hybridized carbons (Fsp3) is 0.143. The lowest BCUT2D eigenvalue weighted by Gasteiger charge is -2.03. The van der Waals surface area contributed by atoms with Crippen LogP contribution in [0.5, 0.6) is 0 Å². The number of hydrogen-bond acceptors (Lipinski definition) is 6. The number of carbonyl (C=O) groups is 1. The minimum atomic E-state index is 0.0164. The third-order valence-corrected chi connectivity index (χ3v) is 5.48. The Labute approximate surface area is 172 Å². The van der Waals surface area contributed by atoms with Crippen molar-refractivity contribution in [3.63, 3.8) is 0 Å². The Hall–Kier alpha value is -3.39. The molecule has 0 spiro atoms. The highest BCUT2D eigenvalue weighted by molar-refractivity contribution is 7.99. The van der Waals surface area contributed by atoms with E-state index in [0.29, 0.717) is 22.2 Å². The molecule has 4 aromatic rings. The maximum atomic E-state index is 12.4. The number of H-pyrrole nitrogens is 1. The van der Waals surface area contributed by atoms with Crippen LogP contribution in [0.2, 0.25) is 0 Å². The summed E-state index contributed by atoms with van der Waals surface area (Å²) < 4.78 is 1.37. The number of hydrogen-bond donors (Lipinski definition) is 2. The van der Waals surface area contributed by atoms with E-state index in [0.717, 1.165) is 16.8 Å². The van der Waals surface area contributed by atoms with Crippen molar-refractivity contribution in [2.24, 2.45) is 0 Å². The van der Waals surface area contributed by atoms with Gasteiger partial charge in [0.15, 0.2) is 5.78 Å². The Balaban J connectivity index is 1.48. The molecule has 146 valence electrons. The van der Waals surface area contributed by atoms with Gasteiger partial charge >= 0.3 is 0 Å². The summed E-state index contributed by atoms with van der Waals surface area (Å²) in [6.45, 7) is 4.03. The highest BCUT2D eigenvalue weighted by atomic mass is 32.2. The minimum absolute atomic E-state index is 0.0164. The molecule has 2 heterocycles. The molecule has 3 N–H and O–H groups in total. The summed E-state index contributed by atoms with van der Waals surface area (Å²) in [5.41, 5.74) is 5.43. The minimum Gasteiger partial charge on any atom is -0.335 e.